The van der Waals surface area contributed by atoms with Gasteiger partial charge in [-0.05, 0) is 36.4 Å². The van der Waals surface area contributed by atoms with Crippen LogP contribution in [0.4, 0.5) is 34.4 Å². The zero-order valence-corrected chi connectivity index (χ0v) is 21.8. The fourth-order valence-electron chi connectivity index (χ4n) is 4.07. The van der Waals surface area contributed by atoms with Crippen molar-refractivity contribution in [3.63, 3.8) is 0 Å². The highest BCUT2D eigenvalue weighted by atomic mass is 15.3. The number of benzene rings is 3. The van der Waals surface area contributed by atoms with E-state index in [1.165, 1.54) is 0 Å². The summed E-state index contributed by atoms with van der Waals surface area (Å²) in [6, 6.07) is 24.2. The van der Waals surface area contributed by atoms with Gasteiger partial charge in [0.1, 0.15) is 12.7 Å². The number of fused-ring (bicyclic) bond motifs is 1. The molecule has 2 aromatic heterocycles. The van der Waals surface area contributed by atoms with Crippen molar-refractivity contribution in [2.75, 3.05) is 23.7 Å². The number of hydrogen-bond acceptors (Lipinski definition) is 6. The number of rotatable bonds is 9. The van der Waals surface area contributed by atoms with Crippen LogP contribution in [0.2, 0.25) is 0 Å². The van der Waals surface area contributed by atoms with Crippen molar-refractivity contribution in [2.24, 2.45) is 41.6 Å². The first kappa shape index (κ1) is 24.8. The molecule has 0 amide bonds. The zero-order chi connectivity index (χ0) is 26.3. The van der Waals surface area contributed by atoms with Crippen LogP contribution in [0.5, 0.6) is 0 Å². The van der Waals surface area contributed by atoms with Crippen molar-refractivity contribution in [1.82, 2.24) is 4.57 Å². The van der Waals surface area contributed by atoms with Crippen molar-refractivity contribution < 1.29 is 9.13 Å². The molecule has 0 bridgehead atoms. The van der Waals surface area contributed by atoms with Crippen LogP contribution >= 0.6 is 0 Å². The molecule has 38 heavy (non-hydrogen) atoms. The Morgan fingerprint density at radius 2 is 1.37 bits per heavy atom. The maximum Gasteiger partial charge on any atom is 0.421 e. The molecule has 0 fully saturated rings. The molecule has 5 rings (SSSR count). The van der Waals surface area contributed by atoms with Crippen molar-refractivity contribution in [1.29, 1.82) is 0 Å². The minimum Gasteiger partial charge on any atom is -0.383 e. The second kappa shape index (κ2) is 11.4. The van der Waals surface area contributed by atoms with Crippen molar-refractivity contribution in [3.8, 4) is 0 Å². The molecule has 190 valence electrons. The number of hydrogen-bond donors (Lipinski definition) is 2. The van der Waals surface area contributed by atoms with Gasteiger partial charge < -0.3 is 10.6 Å². The first-order valence-electron chi connectivity index (χ1n) is 12.5. The van der Waals surface area contributed by atoms with E-state index in [0.29, 0.717) is 0 Å². The molecule has 9 heteroatoms. The number of anilines is 2. The Hall–Kier alpha value is -4.92. The molecule has 2 heterocycles. The number of nitrogens with one attached hydrogen (secondary N) is 2. The van der Waals surface area contributed by atoms with E-state index in [1.54, 1.807) is 0 Å². The Morgan fingerprint density at radius 1 is 0.684 bits per heavy atom. The van der Waals surface area contributed by atoms with E-state index in [1.807, 2.05) is 114 Å². The van der Waals surface area contributed by atoms with E-state index in [0.717, 1.165) is 58.2 Å². The van der Waals surface area contributed by atoms with Crippen LogP contribution in [-0.2, 0) is 21.1 Å². The normalized spacial score (nSPS) is 11.6. The maximum atomic E-state index is 4.51. The predicted octanol–water partition coefficient (Wildman–Crippen LogP) is 6.18. The first-order chi connectivity index (χ1) is 18.6. The van der Waals surface area contributed by atoms with E-state index in [9.17, 15) is 0 Å². The maximum absolute atomic E-state index is 4.51. The molecule has 2 N–H and O–H groups in total. The lowest BCUT2D eigenvalue weighted by molar-refractivity contribution is -0.671. The summed E-state index contributed by atoms with van der Waals surface area (Å²) >= 11 is 0. The molecule has 0 aliphatic heterocycles. The molecule has 0 radical (unpaired) electrons. The molecule has 0 aliphatic rings. The highest BCUT2D eigenvalue weighted by Crippen LogP contribution is 2.32. The predicted molar refractivity (Wildman–Crippen MR) is 150 cm³/mol. The molecule has 5 aromatic rings. The van der Waals surface area contributed by atoms with Gasteiger partial charge in [-0.15, -0.1) is 5.11 Å². The molecular weight excluding hydrogens is 474 g/mol. The number of nitrogens with zero attached hydrogens (tertiary/aromatic N) is 7. The highest BCUT2D eigenvalue weighted by molar-refractivity contribution is 6.00. The van der Waals surface area contributed by atoms with Gasteiger partial charge in [-0.2, -0.15) is 5.11 Å². The Morgan fingerprint density at radius 3 is 2.11 bits per heavy atom. The SMILES string of the molecule is Cn1cc[n+](C)c1/N=N/c1ccc(NCCNc2ccc(/N=N/c3cc[n+](C)cc3)c3ccccc23)cc1. The minimum absolute atomic E-state index is 0.761. The van der Waals surface area contributed by atoms with Crippen molar-refractivity contribution in [3.05, 3.63) is 97.6 Å². The second-order valence-electron chi connectivity index (χ2n) is 9.02. The van der Waals surface area contributed by atoms with E-state index in [2.05, 4.69) is 49.3 Å². The van der Waals surface area contributed by atoms with Gasteiger partial charge in [-0.1, -0.05) is 29.4 Å². The van der Waals surface area contributed by atoms with Gasteiger partial charge in [-0.25, -0.2) is 13.7 Å². The van der Waals surface area contributed by atoms with Crippen molar-refractivity contribution in [2.45, 2.75) is 0 Å². The highest BCUT2D eigenvalue weighted by Gasteiger charge is 2.10. The number of imidazole rings is 1. The largest absolute Gasteiger partial charge is 0.421 e. The molecule has 9 nitrogen and oxygen atoms in total. The lowest BCUT2D eigenvalue weighted by Gasteiger charge is -2.12. The molecular formula is C29H31N9+2. The molecule has 0 saturated heterocycles. The van der Waals surface area contributed by atoms with Crippen LogP contribution in [-0.4, -0.2) is 17.7 Å². The Kier molecular flexibility index (Phi) is 7.44. The van der Waals surface area contributed by atoms with Gasteiger partial charge in [0.2, 0.25) is 0 Å². The van der Waals surface area contributed by atoms with Gasteiger partial charge in [0.25, 0.3) is 0 Å². The average molecular weight is 506 g/mol. The summed E-state index contributed by atoms with van der Waals surface area (Å²) in [7, 11) is 5.87. The monoisotopic (exact) mass is 505 g/mol. The fourth-order valence-corrected chi connectivity index (χ4v) is 4.07. The summed E-state index contributed by atoms with van der Waals surface area (Å²) in [5.74, 6) is 0.785. The third-order valence-electron chi connectivity index (χ3n) is 6.17. The van der Waals surface area contributed by atoms with Gasteiger partial charge in [0.15, 0.2) is 12.4 Å². The van der Waals surface area contributed by atoms with Crippen LogP contribution in [0.15, 0.2) is 118 Å². The number of aromatic nitrogens is 3. The zero-order valence-electron chi connectivity index (χ0n) is 21.8. The Bertz CT molecular complexity index is 1560. The van der Waals surface area contributed by atoms with Crippen molar-refractivity contribution >= 4 is 45.2 Å². The molecule has 0 saturated carbocycles. The first-order valence-corrected chi connectivity index (χ1v) is 12.5. The summed E-state index contributed by atoms with van der Waals surface area (Å²) in [6.45, 7) is 1.53. The van der Waals surface area contributed by atoms with E-state index < -0.39 is 0 Å². The van der Waals surface area contributed by atoms with Gasteiger partial charge in [-0.3, -0.25) is 0 Å². The number of azo groups is 2. The summed E-state index contributed by atoms with van der Waals surface area (Å²) in [4.78, 5) is 0. The summed E-state index contributed by atoms with van der Waals surface area (Å²) in [6.07, 6.45) is 7.81. The standard InChI is InChI=1S/C29H29N9/c1-36-18-14-24(15-19-36)32-34-28-13-12-27(25-6-4-5-7-26(25)28)31-17-16-30-22-8-10-23(11-9-22)33-35-29-37(2)20-21-38(29)3/h4-15,18-21H,16-17H2,1-3H3/p+2. The lowest BCUT2D eigenvalue weighted by Crippen LogP contribution is -2.25. The number of pyridine rings is 1. The third-order valence-corrected chi connectivity index (χ3v) is 6.17. The van der Waals surface area contributed by atoms with Crippen LogP contribution in [0.25, 0.3) is 10.8 Å². The fraction of sp³-hybridized carbons (Fsp3) is 0.172. The molecule has 0 aliphatic carbocycles. The Labute approximate surface area is 221 Å². The lowest BCUT2D eigenvalue weighted by atomic mass is 10.1. The quantitative estimate of drug-likeness (QED) is 0.142. The topological polar surface area (TPSA) is 86.2 Å². The van der Waals surface area contributed by atoms with Gasteiger partial charge in [0, 0.05) is 52.5 Å². The minimum atomic E-state index is 0.761. The van der Waals surface area contributed by atoms with Crippen LogP contribution in [0.3, 0.4) is 0 Å². The third kappa shape index (κ3) is 5.89. The van der Waals surface area contributed by atoms with Gasteiger partial charge >= 0.3 is 5.95 Å². The van der Waals surface area contributed by atoms with E-state index >= 15 is 0 Å². The average Bonchev–Trinajstić information content (AvgIpc) is 3.27. The molecule has 0 atom stereocenters. The van der Waals surface area contributed by atoms with Crippen LogP contribution in [0, 0.1) is 0 Å². The van der Waals surface area contributed by atoms with E-state index in [-0.39, 0.29) is 0 Å². The molecule has 3 aromatic carbocycles. The smallest absolute Gasteiger partial charge is 0.383 e. The number of aryl methyl sites for hydroxylation is 3. The summed E-state index contributed by atoms with van der Waals surface area (Å²) in [5, 5.41) is 26.8. The van der Waals surface area contributed by atoms with Crippen LogP contribution in [0.1, 0.15) is 0 Å². The molecule has 0 spiro atoms. The summed E-state index contributed by atoms with van der Waals surface area (Å²) < 4.78 is 5.83. The van der Waals surface area contributed by atoms with Gasteiger partial charge in [0.05, 0.1) is 37.9 Å². The molecule has 0 unspecified atom stereocenters. The van der Waals surface area contributed by atoms with Crippen LogP contribution < -0.4 is 19.8 Å². The summed E-state index contributed by atoms with van der Waals surface area (Å²) in [5.41, 5.74) is 4.57. The van der Waals surface area contributed by atoms with E-state index in [4.69, 9.17) is 0 Å². The Balaban J connectivity index is 1.18. The second-order valence-corrected chi connectivity index (χ2v) is 9.02.